The third kappa shape index (κ3) is 2.82. The fourth-order valence-electron chi connectivity index (χ4n) is 3.33. The second-order valence-electron chi connectivity index (χ2n) is 5.77. The lowest BCUT2D eigenvalue weighted by Crippen LogP contribution is -2.44. The number of hydrogen-bond donors (Lipinski definition) is 1. The Balaban J connectivity index is 1.70. The van der Waals surface area contributed by atoms with Crippen LogP contribution in [0, 0.1) is 0 Å². The first kappa shape index (κ1) is 13.9. The van der Waals surface area contributed by atoms with Crippen molar-refractivity contribution >= 4 is 5.69 Å². The van der Waals surface area contributed by atoms with E-state index >= 15 is 0 Å². The average molecular weight is 276 g/mol. The molecule has 0 aliphatic carbocycles. The summed E-state index contributed by atoms with van der Waals surface area (Å²) in [6.45, 7) is 7.80. The highest BCUT2D eigenvalue weighted by atomic mass is 16.5. The minimum atomic E-state index is -0.409. The molecule has 0 saturated carbocycles. The molecule has 2 atom stereocenters. The highest BCUT2D eigenvalue weighted by Crippen LogP contribution is 2.30. The van der Waals surface area contributed by atoms with E-state index in [1.807, 2.05) is 19.1 Å². The SMILES string of the molecule is C[C@@H](O)c1ccccc1N1CCC(N2CCOCC2)C1. The van der Waals surface area contributed by atoms with Crippen molar-refractivity contribution in [3.8, 4) is 0 Å². The van der Waals surface area contributed by atoms with Crippen molar-refractivity contribution < 1.29 is 9.84 Å². The fourth-order valence-corrected chi connectivity index (χ4v) is 3.33. The number of para-hydroxylation sites is 1. The number of aliphatic hydroxyl groups excluding tert-OH is 1. The molecule has 2 heterocycles. The lowest BCUT2D eigenvalue weighted by atomic mass is 10.1. The summed E-state index contributed by atoms with van der Waals surface area (Å²) in [6.07, 6.45) is 0.794. The van der Waals surface area contributed by atoms with Crippen LogP contribution in [0.3, 0.4) is 0 Å². The van der Waals surface area contributed by atoms with Crippen LogP contribution in [0.15, 0.2) is 24.3 Å². The zero-order chi connectivity index (χ0) is 13.9. The van der Waals surface area contributed by atoms with Gasteiger partial charge in [-0.25, -0.2) is 0 Å². The van der Waals surface area contributed by atoms with Crippen molar-refractivity contribution in [1.82, 2.24) is 4.90 Å². The van der Waals surface area contributed by atoms with E-state index < -0.39 is 6.10 Å². The zero-order valence-corrected chi connectivity index (χ0v) is 12.2. The van der Waals surface area contributed by atoms with Crippen LogP contribution in [0.25, 0.3) is 0 Å². The lowest BCUT2D eigenvalue weighted by molar-refractivity contribution is 0.0209. The summed E-state index contributed by atoms with van der Waals surface area (Å²) in [7, 11) is 0. The Morgan fingerprint density at radius 2 is 1.95 bits per heavy atom. The Bertz CT molecular complexity index is 444. The van der Waals surface area contributed by atoms with Gasteiger partial charge < -0.3 is 14.7 Å². The maximum Gasteiger partial charge on any atom is 0.0781 e. The second kappa shape index (κ2) is 6.12. The van der Waals surface area contributed by atoms with Gasteiger partial charge in [-0.1, -0.05) is 18.2 Å². The van der Waals surface area contributed by atoms with Gasteiger partial charge in [0.15, 0.2) is 0 Å². The van der Waals surface area contributed by atoms with Gasteiger partial charge in [-0.05, 0) is 19.4 Å². The third-order valence-corrected chi connectivity index (χ3v) is 4.45. The molecule has 110 valence electrons. The standard InChI is InChI=1S/C16H24N2O2/c1-13(19)15-4-2-3-5-16(15)18-7-6-14(12-18)17-8-10-20-11-9-17/h2-5,13-14,19H,6-12H2,1H3/t13-,14?/m1/s1. The molecule has 0 aromatic heterocycles. The maximum atomic E-state index is 9.93. The van der Waals surface area contributed by atoms with Gasteiger partial charge >= 0.3 is 0 Å². The Kier molecular flexibility index (Phi) is 4.24. The monoisotopic (exact) mass is 276 g/mol. The number of hydrogen-bond acceptors (Lipinski definition) is 4. The average Bonchev–Trinajstić information content (AvgIpc) is 2.98. The summed E-state index contributed by atoms with van der Waals surface area (Å²) in [5.41, 5.74) is 2.23. The number of benzene rings is 1. The first-order valence-corrected chi connectivity index (χ1v) is 7.59. The van der Waals surface area contributed by atoms with Gasteiger partial charge in [0, 0.05) is 43.5 Å². The molecular weight excluding hydrogens is 252 g/mol. The van der Waals surface area contributed by atoms with E-state index in [2.05, 4.69) is 21.9 Å². The summed E-state index contributed by atoms with van der Waals surface area (Å²) in [5, 5.41) is 9.93. The predicted octanol–water partition coefficient (Wildman–Crippen LogP) is 1.65. The molecule has 1 aromatic carbocycles. The van der Waals surface area contributed by atoms with Gasteiger partial charge in [0.2, 0.25) is 0 Å². The van der Waals surface area contributed by atoms with Gasteiger partial charge in [-0.3, -0.25) is 4.90 Å². The normalized spacial score (nSPS) is 25.9. The quantitative estimate of drug-likeness (QED) is 0.910. The fraction of sp³-hybridized carbons (Fsp3) is 0.625. The molecule has 1 aromatic rings. The Morgan fingerprint density at radius 3 is 2.70 bits per heavy atom. The van der Waals surface area contributed by atoms with E-state index in [4.69, 9.17) is 4.74 Å². The first-order valence-electron chi connectivity index (χ1n) is 7.59. The number of rotatable bonds is 3. The number of morpholine rings is 1. The zero-order valence-electron chi connectivity index (χ0n) is 12.2. The largest absolute Gasteiger partial charge is 0.389 e. The molecular formula is C16H24N2O2. The molecule has 0 amide bonds. The molecule has 1 unspecified atom stereocenters. The van der Waals surface area contributed by atoms with Crippen LogP contribution in [0.1, 0.15) is 25.0 Å². The summed E-state index contributed by atoms with van der Waals surface area (Å²) < 4.78 is 5.43. The van der Waals surface area contributed by atoms with E-state index in [1.165, 1.54) is 12.1 Å². The number of ether oxygens (including phenoxy) is 1. The number of anilines is 1. The van der Waals surface area contributed by atoms with Crippen LogP contribution in [-0.4, -0.2) is 55.4 Å². The number of aliphatic hydroxyl groups is 1. The Labute approximate surface area is 120 Å². The molecule has 2 aliphatic rings. The molecule has 2 aliphatic heterocycles. The van der Waals surface area contributed by atoms with Gasteiger partial charge in [-0.2, -0.15) is 0 Å². The first-order chi connectivity index (χ1) is 9.75. The Morgan fingerprint density at radius 1 is 1.20 bits per heavy atom. The molecule has 4 nitrogen and oxygen atoms in total. The van der Waals surface area contributed by atoms with E-state index in [0.717, 1.165) is 45.0 Å². The molecule has 1 N–H and O–H groups in total. The summed E-state index contributed by atoms with van der Waals surface area (Å²) in [6, 6.07) is 8.84. The van der Waals surface area contributed by atoms with Crippen molar-refractivity contribution in [1.29, 1.82) is 0 Å². The van der Waals surface area contributed by atoms with E-state index in [0.29, 0.717) is 6.04 Å². The molecule has 20 heavy (non-hydrogen) atoms. The molecule has 0 bridgehead atoms. The van der Waals surface area contributed by atoms with Crippen LogP contribution in [0.4, 0.5) is 5.69 Å². The summed E-state index contributed by atoms with van der Waals surface area (Å²) in [4.78, 5) is 4.97. The third-order valence-electron chi connectivity index (χ3n) is 4.45. The lowest BCUT2D eigenvalue weighted by Gasteiger charge is -2.32. The molecule has 4 heteroatoms. The van der Waals surface area contributed by atoms with Gasteiger partial charge in [0.05, 0.1) is 19.3 Å². The second-order valence-corrected chi connectivity index (χ2v) is 5.77. The predicted molar refractivity (Wildman–Crippen MR) is 80.1 cm³/mol. The summed E-state index contributed by atoms with van der Waals surface area (Å²) >= 11 is 0. The van der Waals surface area contributed by atoms with Crippen LogP contribution in [0.5, 0.6) is 0 Å². The van der Waals surface area contributed by atoms with Crippen LogP contribution in [0.2, 0.25) is 0 Å². The smallest absolute Gasteiger partial charge is 0.0781 e. The van der Waals surface area contributed by atoms with Crippen LogP contribution >= 0.6 is 0 Å². The van der Waals surface area contributed by atoms with Crippen molar-refractivity contribution in [2.45, 2.75) is 25.5 Å². The minimum absolute atomic E-state index is 0.409. The van der Waals surface area contributed by atoms with Crippen molar-refractivity contribution in [2.24, 2.45) is 0 Å². The highest BCUT2D eigenvalue weighted by molar-refractivity contribution is 5.55. The summed E-state index contributed by atoms with van der Waals surface area (Å²) in [5.74, 6) is 0. The molecule has 2 fully saturated rings. The van der Waals surface area contributed by atoms with Gasteiger partial charge in [0.25, 0.3) is 0 Å². The van der Waals surface area contributed by atoms with Crippen molar-refractivity contribution in [3.63, 3.8) is 0 Å². The van der Waals surface area contributed by atoms with Gasteiger partial charge in [-0.15, -0.1) is 0 Å². The van der Waals surface area contributed by atoms with Crippen LogP contribution < -0.4 is 4.90 Å². The van der Waals surface area contributed by atoms with Gasteiger partial charge in [0.1, 0.15) is 0 Å². The molecule has 2 saturated heterocycles. The maximum absolute atomic E-state index is 9.93. The minimum Gasteiger partial charge on any atom is -0.389 e. The van der Waals surface area contributed by atoms with E-state index in [-0.39, 0.29) is 0 Å². The highest BCUT2D eigenvalue weighted by Gasteiger charge is 2.29. The van der Waals surface area contributed by atoms with Crippen molar-refractivity contribution in [3.05, 3.63) is 29.8 Å². The molecule has 3 rings (SSSR count). The molecule has 0 radical (unpaired) electrons. The van der Waals surface area contributed by atoms with Crippen LogP contribution in [-0.2, 0) is 4.74 Å². The molecule has 0 spiro atoms. The van der Waals surface area contributed by atoms with Crippen molar-refractivity contribution in [2.75, 3.05) is 44.3 Å². The topological polar surface area (TPSA) is 35.9 Å². The Hall–Kier alpha value is -1.10. The van der Waals surface area contributed by atoms with E-state index in [1.54, 1.807) is 0 Å². The van der Waals surface area contributed by atoms with E-state index in [9.17, 15) is 5.11 Å². The number of nitrogens with zero attached hydrogens (tertiary/aromatic N) is 2.